The fourth-order valence-corrected chi connectivity index (χ4v) is 1.23. The van der Waals surface area contributed by atoms with Crippen molar-refractivity contribution in [2.45, 2.75) is 19.8 Å². The Kier molecular flexibility index (Phi) is 2.90. The van der Waals surface area contributed by atoms with Crippen LogP contribution in [-0.4, -0.2) is 11.3 Å². The van der Waals surface area contributed by atoms with Gasteiger partial charge in [-0.25, -0.2) is 0 Å². The van der Waals surface area contributed by atoms with Gasteiger partial charge < -0.3 is 10.9 Å². The molecule has 13 heavy (non-hydrogen) atoms. The number of hydrazone groups is 1. The molecule has 3 heteroatoms. The summed E-state index contributed by atoms with van der Waals surface area (Å²) in [7, 11) is 0. The van der Waals surface area contributed by atoms with Gasteiger partial charge >= 0.3 is 0 Å². The third-order valence-electron chi connectivity index (χ3n) is 1.93. The lowest BCUT2D eigenvalue weighted by molar-refractivity contribution is 0.464. The third-order valence-corrected chi connectivity index (χ3v) is 1.93. The molecule has 1 rings (SSSR count). The predicted molar refractivity (Wildman–Crippen MR) is 54.0 cm³/mol. The van der Waals surface area contributed by atoms with E-state index in [1.54, 1.807) is 6.07 Å². The highest BCUT2D eigenvalue weighted by Crippen LogP contribution is 2.27. The fourth-order valence-electron chi connectivity index (χ4n) is 1.23. The van der Waals surface area contributed by atoms with Gasteiger partial charge in [-0.1, -0.05) is 26.0 Å². The summed E-state index contributed by atoms with van der Waals surface area (Å²) in [4.78, 5) is 0. The molecular formula is C10H14N2O. The number of nitrogens with two attached hydrogens (primary N) is 1. The zero-order valence-corrected chi connectivity index (χ0v) is 7.86. The second kappa shape index (κ2) is 3.94. The van der Waals surface area contributed by atoms with E-state index in [4.69, 9.17) is 5.84 Å². The molecule has 0 atom stereocenters. The van der Waals surface area contributed by atoms with Crippen LogP contribution in [0.3, 0.4) is 0 Å². The van der Waals surface area contributed by atoms with Crippen molar-refractivity contribution in [1.29, 1.82) is 0 Å². The molecule has 0 aliphatic heterocycles. The van der Waals surface area contributed by atoms with Gasteiger partial charge in [-0.2, -0.15) is 5.10 Å². The van der Waals surface area contributed by atoms with E-state index in [1.165, 1.54) is 6.21 Å². The van der Waals surface area contributed by atoms with Crippen LogP contribution in [-0.2, 0) is 0 Å². The standard InChI is InChI=1S/C10H14N2O/c1-7(2)9-5-3-4-8(6-12-11)10(9)13/h3-7,13H,11H2,1-2H3. The van der Waals surface area contributed by atoms with Gasteiger partial charge in [0.1, 0.15) is 5.75 Å². The summed E-state index contributed by atoms with van der Waals surface area (Å²) in [5.41, 5.74) is 1.58. The van der Waals surface area contributed by atoms with Gasteiger partial charge in [-0.3, -0.25) is 0 Å². The molecule has 0 aromatic heterocycles. The normalized spacial score (nSPS) is 11.3. The first-order valence-electron chi connectivity index (χ1n) is 4.22. The first-order chi connectivity index (χ1) is 6.16. The molecule has 70 valence electrons. The molecule has 0 fully saturated rings. The van der Waals surface area contributed by atoms with Gasteiger partial charge in [0, 0.05) is 5.56 Å². The number of hydrogen-bond acceptors (Lipinski definition) is 3. The van der Waals surface area contributed by atoms with Crippen LogP contribution in [0.1, 0.15) is 30.9 Å². The van der Waals surface area contributed by atoms with E-state index in [1.807, 2.05) is 26.0 Å². The number of phenolic OH excluding ortho intramolecular Hbond substituents is 1. The maximum Gasteiger partial charge on any atom is 0.127 e. The van der Waals surface area contributed by atoms with Crippen molar-refractivity contribution < 1.29 is 5.11 Å². The number of rotatable bonds is 2. The lowest BCUT2D eigenvalue weighted by Crippen LogP contribution is -1.93. The summed E-state index contributed by atoms with van der Waals surface area (Å²) in [6.07, 6.45) is 1.45. The summed E-state index contributed by atoms with van der Waals surface area (Å²) < 4.78 is 0. The molecule has 3 N–H and O–H groups in total. The molecule has 3 nitrogen and oxygen atoms in total. The minimum atomic E-state index is 0.270. The minimum absolute atomic E-state index is 0.270. The van der Waals surface area contributed by atoms with Gasteiger partial charge in [-0.15, -0.1) is 0 Å². The average Bonchev–Trinajstić information content (AvgIpc) is 2.08. The van der Waals surface area contributed by atoms with E-state index in [0.29, 0.717) is 11.5 Å². The third kappa shape index (κ3) is 1.99. The van der Waals surface area contributed by atoms with Gasteiger partial charge in [0.15, 0.2) is 0 Å². The summed E-state index contributed by atoms with van der Waals surface area (Å²) in [6, 6.07) is 5.55. The Labute approximate surface area is 77.9 Å². The van der Waals surface area contributed by atoms with Crippen molar-refractivity contribution in [3.8, 4) is 5.75 Å². The Hall–Kier alpha value is -1.51. The van der Waals surface area contributed by atoms with Crippen molar-refractivity contribution >= 4 is 6.21 Å². The molecule has 0 unspecified atom stereocenters. The van der Waals surface area contributed by atoms with Crippen LogP contribution in [0.4, 0.5) is 0 Å². The van der Waals surface area contributed by atoms with Crippen molar-refractivity contribution in [2.75, 3.05) is 0 Å². The maximum absolute atomic E-state index is 9.74. The summed E-state index contributed by atoms with van der Waals surface area (Å²) >= 11 is 0. The SMILES string of the molecule is CC(C)c1cccc(C=NN)c1O. The highest BCUT2D eigenvalue weighted by Gasteiger charge is 2.07. The number of nitrogens with zero attached hydrogens (tertiary/aromatic N) is 1. The molecule has 0 spiro atoms. The van der Waals surface area contributed by atoms with Crippen molar-refractivity contribution in [1.82, 2.24) is 0 Å². The topological polar surface area (TPSA) is 58.6 Å². The zero-order valence-electron chi connectivity index (χ0n) is 7.86. The number of para-hydroxylation sites is 1. The lowest BCUT2D eigenvalue weighted by Gasteiger charge is -2.09. The van der Waals surface area contributed by atoms with Crippen LogP contribution in [0.2, 0.25) is 0 Å². The average molecular weight is 178 g/mol. The Morgan fingerprint density at radius 1 is 1.46 bits per heavy atom. The van der Waals surface area contributed by atoms with Crippen LogP contribution in [0.15, 0.2) is 23.3 Å². The van der Waals surface area contributed by atoms with E-state index in [0.717, 1.165) is 5.56 Å². The Morgan fingerprint density at radius 2 is 2.15 bits per heavy atom. The van der Waals surface area contributed by atoms with Crippen LogP contribution < -0.4 is 5.84 Å². The summed E-state index contributed by atoms with van der Waals surface area (Å²) in [5.74, 6) is 5.58. The fraction of sp³-hybridized carbons (Fsp3) is 0.300. The van der Waals surface area contributed by atoms with Gasteiger partial charge in [0.05, 0.1) is 6.21 Å². The molecule has 0 aliphatic rings. The monoisotopic (exact) mass is 178 g/mol. The molecule has 1 aromatic carbocycles. The van der Waals surface area contributed by atoms with Crippen LogP contribution >= 0.6 is 0 Å². The number of benzene rings is 1. The second-order valence-corrected chi connectivity index (χ2v) is 3.22. The zero-order chi connectivity index (χ0) is 9.84. The van der Waals surface area contributed by atoms with E-state index in [2.05, 4.69) is 5.10 Å². The number of aromatic hydroxyl groups is 1. The molecular weight excluding hydrogens is 164 g/mol. The van der Waals surface area contributed by atoms with Crippen molar-refractivity contribution in [2.24, 2.45) is 10.9 Å². The van der Waals surface area contributed by atoms with Crippen LogP contribution in [0.5, 0.6) is 5.75 Å². The van der Waals surface area contributed by atoms with Crippen LogP contribution in [0, 0.1) is 0 Å². The Bertz CT molecular complexity index is 319. The van der Waals surface area contributed by atoms with E-state index in [-0.39, 0.29) is 5.75 Å². The summed E-state index contributed by atoms with van der Waals surface area (Å²) in [6.45, 7) is 4.05. The Balaban J connectivity index is 3.18. The smallest absolute Gasteiger partial charge is 0.127 e. The first kappa shape index (κ1) is 9.58. The molecule has 0 amide bonds. The quantitative estimate of drug-likeness (QED) is 0.412. The lowest BCUT2D eigenvalue weighted by atomic mass is 9.99. The molecule has 1 aromatic rings. The second-order valence-electron chi connectivity index (χ2n) is 3.22. The van der Waals surface area contributed by atoms with Crippen molar-refractivity contribution in [3.05, 3.63) is 29.3 Å². The molecule has 0 bridgehead atoms. The van der Waals surface area contributed by atoms with Gasteiger partial charge in [-0.05, 0) is 17.5 Å². The molecule has 0 heterocycles. The highest BCUT2D eigenvalue weighted by atomic mass is 16.3. The Morgan fingerprint density at radius 3 is 2.69 bits per heavy atom. The van der Waals surface area contributed by atoms with E-state index >= 15 is 0 Å². The minimum Gasteiger partial charge on any atom is -0.507 e. The maximum atomic E-state index is 9.74. The molecule has 0 aliphatic carbocycles. The molecule has 0 saturated heterocycles. The molecule has 0 saturated carbocycles. The van der Waals surface area contributed by atoms with Crippen LogP contribution in [0.25, 0.3) is 0 Å². The predicted octanol–water partition coefficient (Wildman–Crippen LogP) is 1.81. The number of hydrogen-bond donors (Lipinski definition) is 2. The van der Waals surface area contributed by atoms with Gasteiger partial charge in [0.25, 0.3) is 0 Å². The number of phenols is 1. The first-order valence-corrected chi connectivity index (χ1v) is 4.22. The van der Waals surface area contributed by atoms with E-state index < -0.39 is 0 Å². The summed E-state index contributed by atoms with van der Waals surface area (Å²) in [5, 5.41) is 13.1. The molecule has 0 radical (unpaired) electrons. The van der Waals surface area contributed by atoms with E-state index in [9.17, 15) is 5.11 Å². The van der Waals surface area contributed by atoms with Crippen molar-refractivity contribution in [3.63, 3.8) is 0 Å². The highest BCUT2D eigenvalue weighted by molar-refractivity contribution is 5.83. The van der Waals surface area contributed by atoms with Gasteiger partial charge in [0.2, 0.25) is 0 Å². The largest absolute Gasteiger partial charge is 0.507 e.